The van der Waals surface area contributed by atoms with Crippen molar-refractivity contribution in [2.75, 3.05) is 0 Å². The van der Waals surface area contributed by atoms with Crippen molar-refractivity contribution < 1.29 is 18.3 Å². The summed E-state index contributed by atoms with van der Waals surface area (Å²) in [6.45, 7) is 3.41. The molecule has 0 spiro atoms. The predicted molar refractivity (Wildman–Crippen MR) is 99.6 cm³/mol. The van der Waals surface area contributed by atoms with Crippen LogP contribution in [0.5, 0.6) is 0 Å². The van der Waals surface area contributed by atoms with E-state index in [0.717, 1.165) is 16.5 Å². The highest BCUT2D eigenvalue weighted by Crippen LogP contribution is 2.30. The summed E-state index contributed by atoms with van der Waals surface area (Å²) >= 11 is 0. The number of aromatic carboxylic acids is 1. The van der Waals surface area contributed by atoms with Gasteiger partial charge >= 0.3 is 5.97 Å². The summed E-state index contributed by atoms with van der Waals surface area (Å²) in [5.74, 6) is -1.19. The van der Waals surface area contributed by atoms with Crippen LogP contribution in [0.2, 0.25) is 0 Å². The van der Waals surface area contributed by atoms with Crippen LogP contribution >= 0.6 is 0 Å². The molecule has 0 aliphatic carbocycles. The number of nitrogens with one attached hydrogen (secondary N) is 1. The molecule has 6 nitrogen and oxygen atoms in total. The highest BCUT2D eigenvalue weighted by molar-refractivity contribution is 7.89. The molecule has 2 N–H and O–H groups in total. The van der Waals surface area contributed by atoms with E-state index in [0.29, 0.717) is 5.56 Å². The fourth-order valence-electron chi connectivity index (χ4n) is 2.77. The van der Waals surface area contributed by atoms with Crippen LogP contribution in [0, 0.1) is 0 Å². The molecule has 0 atom stereocenters. The Morgan fingerprint density at radius 3 is 2.58 bits per heavy atom. The quantitative estimate of drug-likeness (QED) is 0.718. The number of sulfonamides is 1. The minimum Gasteiger partial charge on any atom is -0.478 e. The van der Waals surface area contributed by atoms with Gasteiger partial charge in [0.2, 0.25) is 10.0 Å². The van der Waals surface area contributed by atoms with Crippen molar-refractivity contribution in [3.05, 3.63) is 60.3 Å². The van der Waals surface area contributed by atoms with Crippen LogP contribution in [0.15, 0.2) is 59.6 Å². The molecule has 3 rings (SSSR count). The van der Waals surface area contributed by atoms with Crippen molar-refractivity contribution in [3.8, 4) is 11.1 Å². The second kappa shape index (κ2) is 6.86. The monoisotopic (exact) mass is 370 g/mol. The van der Waals surface area contributed by atoms with Gasteiger partial charge in [-0.25, -0.2) is 17.9 Å². The second-order valence-electron chi connectivity index (χ2n) is 6.20. The SMILES string of the molecule is CC(C)NS(=O)(=O)c1cc(C(=O)O)cc(-c2cccc3ncccc23)c1. The Morgan fingerprint density at radius 1 is 1.12 bits per heavy atom. The van der Waals surface area contributed by atoms with Gasteiger partial charge in [-0.1, -0.05) is 18.2 Å². The molecule has 1 aromatic heterocycles. The molecule has 0 saturated carbocycles. The number of carbonyl (C=O) groups is 1. The van der Waals surface area contributed by atoms with E-state index < -0.39 is 16.0 Å². The van der Waals surface area contributed by atoms with Crippen LogP contribution in [-0.2, 0) is 10.0 Å². The number of fused-ring (bicyclic) bond motifs is 1. The molecule has 1 heterocycles. The van der Waals surface area contributed by atoms with E-state index in [1.54, 1.807) is 32.2 Å². The Bertz CT molecular complexity index is 1090. The van der Waals surface area contributed by atoms with Gasteiger partial charge in [0.05, 0.1) is 16.0 Å². The second-order valence-corrected chi connectivity index (χ2v) is 7.92. The average Bonchev–Trinajstić information content (AvgIpc) is 2.59. The summed E-state index contributed by atoms with van der Waals surface area (Å²) in [5.41, 5.74) is 1.88. The fourth-order valence-corrected chi connectivity index (χ4v) is 4.09. The van der Waals surface area contributed by atoms with Gasteiger partial charge in [-0.2, -0.15) is 0 Å². The lowest BCUT2D eigenvalue weighted by molar-refractivity contribution is 0.0696. The predicted octanol–water partition coefficient (Wildman–Crippen LogP) is 3.29. The molecule has 0 unspecified atom stereocenters. The van der Waals surface area contributed by atoms with E-state index >= 15 is 0 Å². The molecule has 2 aromatic carbocycles. The molecule has 0 radical (unpaired) electrons. The van der Waals surface area contributed by atoms with Gasteiger partial charge in [-0.15, -0.1) is 0 Å². The minimum atomic E-state index is -3.83. The maximum Gasteiger partial charge on any atom is 0.335 e. The highest BCUT2D eigenvalue weighted by Gasteiger charge is 2.20. The van der Waals surface area contributed by atoms with Gasteiger partial charge in [0.15, 0.2) is 0 Å². The van der Waals surface area contributed by atoms with Crippen molar-refractivity contribution in [2.45, 2.75) is 24.8 Å². The van der Waals surface area contributed by atoms with Gasteiger partial charge in [0.1, 0.15) is 0 Å². The number of hydrogen-bond acceptors (Lipinski definition) is 4. The van der Waals surface area contributed by atoms with Gasteiger partial charge < -0.3 is 5.11 Å². The largest absolute Gasteiger partial charge is 0.478 e. The smallest absolute Gasteiger partial charge is 0.335 e. The van der Waals surface area contributed by atoms with Crippen molar-refractivity contribution >= 4 is 26.9 Å². The molecule has 26 heavy (non-hydrogen) atoms. The first kappa shape index (κ1) is 18.0. The Labute approximate surface area is 151 Å². The van der Waals surface area contributed by atoms with Crippen LogP contribution in [0.4, 0.5) is 0 Å². The summed E-state index contributed by atoms with van der Waals surface area (Å²) in [7, 11) is -3.83. The zero-order valence-corrected chi connectivity index (χ0v) is 15.1. The van der Waals surface area contributed by atoms with E-state index in [1.165, 1.54) is 18.2 Å². The summed E-state index contributed by atoms with van der Waals surface area (Å²) in [6, 6.07) is 12.9. The van der Waals surface area contributed by atoms with E-state index in [9.17, 15) is 18.3 Å². The summed E-state index contributed by atoms with van der Waals surface area (Å²) in [6.07, 6.45) is 1.67. The molecule has 3 aromatic rings. The van der Waals surface area contributed by atoms with Crippen LogP contribution in [0.1, 0.15) is 24.2 Å². The normalized spacial score (nSPS) is 11.8. The first-order valence-corrected chi connectivity index (χ1v) is 9.51. The van der Waals surface area contributed by atoms with E-state index in [1.807, 2.05) is 18.2 Å². The lowest BCUT2D eigenvalue weighted by atomic mass is 9.99. The molecule has 0 saturated heterocycles. The van der Waals surface area contributed by atoms with E-state index in [4.69, 9.17) is 0 Å². The number of carboxylic acids is 1. The third-order valence-corrected chi connectivity index (χ3v) is 5.45. The molecule has 0 bridgehead atoms. The lowest BCUT2D eigenvalue weighted by Gasteiger charge is -2.13. The third-order valence-electron chi connectivity index (χ3n) is 3.81. The highest BCUT2D eigenvalue weighted by atomic mass is 32.2. The van der Waals surface area contributed by atoms with Gasteiger partial charge in [-0.05, 0) is 55.3 Å². The molecular formula is C19H18N2O4S. The molecule has 134 valence electrons. The number of hydrogen-bond donors (Lipinski definition) is 2. The Hall–Kier alpha value is -2.77. The first-order chi connectivity index (χ1) is 12.3. The number of aromatic nitrogens is 1. The molecule has 0 aliphatic heterocycles. The summed E-state index contributed by atoms with van der Waals surface area (Å²) in [5, 5.41) is 10.2. The minimum absolute atomic E-state index is 0.0815. The van der Waals surface area contributed by atoms with Crippen LogP contribution in [-0.4, -0.2) is 30.5 Å². The lowest BCUT2D eigenvalue weighted by Crippen LogP contribution is -2.30. The van der Waals surface area contributed by atoms with Crippen molar-refractivity contribution in [3.63, 3.8) is 0 Å². The third kappa shape index (κ3) is 3.58. The number of benzene rings is 2. The van der Waals surface area contributed by atoms with Gasteiger partial charge in [0.25, 0.3) is 0 Å². The zero-order valence-electron chi connectivity index (χ0n) is 14.3. The Morgan fingerprint density at radius 2 is 1.88 bits per heavy atom. The topological polar surface area (TPSA) is 96.4 Å². The number of carboxylic acid groups (broad SMARTS) is 1. The summed E-state index contributed by atoms with van der Waals surface area (Å²) < 4.78 is 27.6. The first-order valence-electron chi connectivity index (χ1n) is 8.03. The van der Waals surface area contributed by atoms with E-state index in [2.05, 4.69) is 9.71 Å². The summed E-state index contributed by atoms with van der Waals surface area (Å²) in [4.78, 5) is 15.7. The Balaban J connectivity index is 2.26. The van der Waals surface area contributed by atoms with Crippen molar-refractivity contribution in [1.29, 1.82) is 0 Å². The number of nitrogens with zero attached hydrogens (tertiary/aromatic N) is 1. The molecule has 7 heteroatoms. The van der Waals surface area contributed by atoms with Crippen LogP contribution < -0.4 is 4.72 Å². The average molecular weight is 370 g/mol. The van der Waals surface area contributed by atoms with E-state index in [-0.39, 0.29) is 16.5 Å². The fraction of sp³-hybridized carbons (Fsp3) is 0.158. The van der Waals surface area contributed by atoms with Crippen molar-refractivity contribution in [1.82, 2.24) is 9.71 Å². The maximum atomic E-state index is 12.5. The van der Waals surface area contributed by atoms with Crippen LogP contribution in [0.25, 0.3) is 22.0 Å². The molecule has 0 fully saturated rings. The van der Waals surface area contributed by atoms with Crippen molar-refractivity contribution in [2.24, 2.45) is 0 Å². The van der Waals surface area contributed by atoms with Crippen LogP contribution in [0.3, 0.4) is 0 Å². The molecule has 0 aliphatic rings. The molecular weight excluding hydrogens is 352 g/mol. The molecule has 0 amide bonds. The standard InChI is InChI=1S/C19H18N2O4S/c1-12(2)21-26(24,25)15-10-13(9-14(11-15)19(22)23)16-5-3-7-18-17(16)6-4-8-20-18/h3-12,21H,1-2H3,(H,22,23). The maximum absolute atomic E-state index is 12.5. The number of rotatable bonds is 5. The zero-order chi connectivity index (χ0) is 18.9. The Kier molecular flexibility index (Phi) is 4.76. The van der Waals surface area contributed by atoms with Gasteiger partial charge in [-0.3, -0.25) is 4.98 Å². The number of pyridine rings is 1. The van der Waals surface area contributed by atoms with Gasteiger partial charge in [0, 0.05) is 17.6 Å².